The fourth-order valence-corrected chi connectivity index (χ4v) is 5.07. The summed E-state index contributed by atoms with van der Waals surface area (Å²) in [5.74, 6) is -0.420. The molecule has 5 atom stereocenters. The third kappa shape index (κ3) is 5.52. The number of aliphatic imine (C=N–C) groups is 1. The minimum absolute atomic E-state index is 0.0438. The van der Waals surface area contributed by atoms with Crippen molar-refractivity contribution in [3.8, 4) is 11.4 Å². The van der Waals surface area contributed by atoms with Gasteiger partial charge in [-0.2, -0.15) is 18.3 Å². The summed E-state index contributed by atoms with van der Waals surface area (Å²) in [5.41, 5.74) is 4.92. The molecular weight excluding hydrogens is 593 g/mol. The number of aryl methyl sites for hydroxylation is 1. The van der Waals surface area contributed by atoms with Crippen LogP contribution in [0.4, 0.5) is 17.6 Å². The zero-order valence-corrected chi connectivity index (χ0v) is 23.0. The highest BCUT2D eigenvalue weighted by Gasteiger charge is 2.53. The quantitative estimate of drug-likeness (QED) is 0.305. The van der Waals surface area contributed by atoms with E-state index in [9.17, 15) is 22.7 Å². The minimum Gasteiger partial charge on any atom is -0.496 e. The van der Waals surface area contributed by atoms with Gasteiger partial charge in [0.1, 0.15) is 47.8 Å². The second-order valence-electron chi connectivity index (χ2n) is 9.33. The van der Waals surface area contributed by atoms with Crippen LogP contribution in [0.1, 0.15) is 28.9 Å². The van der Waals surface area contributed by atoms with Crippen molar-refractivity contribution >= 4 is 35.0 Å². The lowest BCUT2D eigenvalue weighted by Crippen LogP contribution is -2.62. The summed E-state index contributed by atoms with van der Waals surface area (Å²) in [4.78, 5) is 8.77. The van der Waals surface area contributed by atoms with Gasteiger partial charge in [0.2, 0.25) is 0 Å². The Bertz CT molecular complexity index is 1530. The standard InChI is InChI=1S/C26H23Cl2F4N5O4/c1-11-35-25(37(36-11)18-5-13(27)3-4-15(18)26(30,31)32)24-22(38)21(23-20(41-24)10-40-23)34-9-12(8-33)14-6-17(29)16(28)7-19(14)39-2/h3-9,20-24,38H,10,33H2,1-2H3. The van der Waals surface area contributed by atoms with E-state index >= 15 is 0 Å². The molecule has 3 aromatic rings. The van der Waals surface area contributed by atoms with Crippen LogP contribution in [0, 0.1) is 12.7 Å². The first-order valence-electron chi connectivity index (χ1n) is 12.2. The molecular formula is C26H23Cl2F4N5O4. The number of methoxy groups -OCH3 is 1. The Labute approximate surface area is 241 Å². The number of aliphatic hydroxyl groups is 1. The molecule has 9 nitrogen and oxygen atoms in total. The molecule has 5 unspecified atom stereocenters. The molecule has 3 heterocycles. The second kappa shape index (κ2) is 11.2. The number of allylic oxidation sites excluding steroid dienone is 1. The van der Waals surface area contributed by atoms with E-state index in [1.165, 1.54) is 32.5 Å². The lowest BCUT2D eigenvalue weighted by molar-refractivity contribution is -0.273. The first-order chi connectivity index (χ1) is 19.4. The third-order valence-corrected chi connectivity index (χ3v) is 7.27. The van der Waals surface area contributed by atoms with Crippen LogP contribution in [0.3, 0.4) is 0 Å². The van der Waals surface area contributed by atoms with Crippen molar-refractivity contribution in [1.29, 1.82) is 0 Å². The monoisotopic (exact) mass is 615 g/mol. The maximum Gasteiger partial charge on any atom is 0.418 e. The summed E-state index contributed by atoms with van der Waals surface area (Å²) >= 11 is 11.9. The summed E-state index contributed by atoms with van der Waals surface area (Å²) < 4.78 is 73.8. The highest BCUT2D eigenvalue weighted by atomic mass is 35.5. The molecule has 1 aromatic heterocycles. The third-order valence-electron chi connectivity index (χ3n) is 6.74. The van der Waals surface area contributed by atoms with Crippen molar-refractivity contribution in [3.05, 3.63) is 75.2 Å². The largest absolute Gasteiger partial charge is 0.496 e. The van der Waals surface area contributed by atoms with Crippen molar-refractivity contribution in [1.82, 2.24) is 14.8 Å². The highest BCUT2D eigenvalue weighted by Crippen LogP contribution is 2.41. The number of hydrogen-bond donors (Lipinski definition) is 2. The molecule has 218 valence electrons. The number of nitrogens with two attached hydrogens (primary N) is 1. The molecule has 0 spiro atoms. The summed E-state index contributed by atoms with van der Waals surface area (Å²) in [5, 5.41) is 15.5. The molecule has 0 bridgehead atoms. The first-order valence-corrected chi connectivity index (χ1v) is 12.9. The average Bonchev–Trinajstić information content (AvgIpc) is 3.29. The fourth-order valence-electron chi connectivity index (χ4n) is 4.75. The van der Waals surface area contributed by atoms with Crippen molar-refractivity contribution in [2.75, 3.05) is 13.7 Å². The Morgan fingerprint density at radius 3 is 2.66 bits per heavy atom. The molecule has 2 aliphatic rings. The molecule has 2 aliphatic heterocycles. The Kier molecular flexibility index (Phi) is 8.01. The zero-order chi connectivity index (χ0) is 29.6. The van der Waals surface area contributed by atoms with Crippen molar-refractivity contribution in [2.45, 2.75) is 43.6 Å². The van der Waals surface area contributed by atoms with Crippen LogP contribution in [-0.4, -0.2) is 64.2 Å². The smallest absolute Gasteiger partial charge is 0.418 e. The predicted octanol–water partition coefficient (Wildman–Crippen LogP) is 4.69. The molecule has 0 radical (unpaired) electrons. The fraction of sp³-hybridized carbons (Fsp3) is 0.346. The van der Waals surface area contributed by atoms with Crippen LogP contribution >= 0.6 is 23.2 Å². The lowest BCUT2D eigenvalue weighted by Gasteiger charge is -2.48. The van der Waals surface area contributed by atoms with E-state index in [1.54, 1.807) is 0 Å². The van der Waals surface area contributed by atoms with E-state index in [4.69, 9.17) is 43.1 Å². The minimum atomic E-state index is -4.73. The van der Waals surface area contributed by atoms with Gasteiger partial charge in [-0.15, -0.1) is 0 Å². The SMILES string of the molecule is COc1cc(Cl)c(F)cc1C(C=NC1C(O)C(c2nc(C)nn2-c2cc(Cl)ccc2C(F)(F)F)OC2COC21)=CN. The Hall–Kier alpha value is -3.23. The predicted molar refractivity (Wildman–Crippen MR) is 142 cm³/mol. The number of aliphatic hydroxyl groups excluding tert-OH is 1. The van der Waals surface area contributed by atoms with Crippen LogP contribution in [0.5, 0.6) is 5.75 Å². The molecule has 15 heteroatoms. The molecule has 2 saturated heterocycles. The van der Waals surface area contributed by atoms with Gasteiger partial charge >= 0.3 is 6.18 Å². The molecule has 41 heavy (non-hydrogen) atoms. The van der Waals surface area contributed by atoms with E-state index in [1.807, 2.05) is 0 Å². The number of alkyl halides is 3. The van der Waals surface area contributed by atoms with Crippen LogP contribution in [-0.2, 0) is 15.7 Å². The lowest BCUT2D eigenvalue weighted by atomic mass is 9.89. The molecule has 3 N–H and O–H groups in total. The average molecular weight is 616 g/mol. The number of nitrogens with zero attached hydrogens (tertiary/aromatic N) is 4. The van der Waals surface area contributed by atoms with E-state index in [0.29, 0.717) is 0 Å². The molecule has 0 aliphatic carbocycles. The van der Waals surface area contributed by atoms with Gasteiger partial charge in [-0.05, 0) is 31.2 Å². The van der Waals surface area contributed by atoms with Crippen LogP contribution in [0.25, 0.3) is 11.3 Å². The van der Waals surface area contributed by atoms with Gasteiger partial charge in [0.05, 0.1) is 30.0 Å². The topological polar surface area (TPSA) is 117 Å². The molecule has 0 amide bonds. The van der Waals surface area contributed by atoms with Gasteiger partial charge in [-0.25, -0.2) is 14.1 Å². The van der Waals surface area contributed by atoms with Gasteiger partial charge in [-0.3, -0.25) is 4.99 Å². The van der Waals surface area contributed by atoms with Crippen LogP contribution < -0.4 is 10.5 Å². The molecule has 2 fully saturated rings. The number of rotatable bonds is 6. The maximum atomic E-state index is 14.2. The number of halogens is 6. The zero-order valence-electron chi connectivity index (χ0n) is 21.4. The van der Waals surface area contributed by atoms with E-state index in [0.717, 1.165) is 28.9 Å². The second-order valence-corrected chi connectivity index (χ2v) is 10.2. The summed E-state index contributed by atoms with van der Waals surface area (Å²) in [7, 11) is 1.38. The number of fused-ring (bicyclic) bond motifs is 1. The molecule has 0 saturated carbocycles. The summed E-state index contributed by atoms with van der Waals surface area (Å²) in [6, 6.07) is 4.53. The number of ether oxygens (including phenoxy) is 3. The van der Waals surface area contributed by atoms with Crippen LogP contribution in [0.2, 0.25) is 10.0 Å². The molecule has 2 aromatic carbocycles. The molecule has 5 rings (SSSR count). The number of benzene rings is 2. The van der Waals surface area contributed by atoms with Crippen molar-refractivity contribution in [2.24, 2.45) is 10.7 Å². The van der Waals surface area contributed by atoms with Gasteiger partial charge in [0.15, 0.2) is 5.82 Å². The number of hydrogen-bond acceptors (Lipinski definition) is 8. The van der Waals surface area contributed by atoms with E-state index in [-0.39, 0.29) is 50.9 Å². The normalized spacial score (nSPS) is 24.8. The van der Waals surface area contributed by atoms with Gasteiger partial charge in [0.25, 0.3) is 0 Å². The number of aromatic nitrogens is 3. The summed E-state index contributed by atoms with van der Waals surface area (Å²) in [6.07, 6.45) is -6.14. The maximum absolute atomic E-state index is 14.2. The van der Waals surface area contributed by atoms with Gasteiger partial charge in [0, 0.05) is 34.6 Å². The highest BCUT2D eigenvalue weighted by molar-refractivity contribution is 6.31. The Morgan fingerprint density at radius 2 is 2.02 bits per heavy atom. The summed E-state index contributed by atoms with van der Waals surface area (Å²) in [6.45, 7) is 1.66. The van der Waals surface area contributed by atoms with Crippen molar-refractivity contribution in [3.63, 3.8) is 0 Å². The van der Waals surface area contributed by atoms with Crippen molar-refractivity contribution < 1.29 is 36.9 Å². The Morgan fingerprint density at radius 1 is 1.27 bits per heavy atom. The van der Waals surface area contributed by atoms with E-state index < -0.39 is 48.0 Å². The van der Waals surface area contributed by atoms with Gasteiger partial charge in [-0.1, -0.05) is 23.2 Å². The van der Waals surface area contributed by atoms with Crippen LogP contribution in [0.15, 0.2) is 41.5 Å². The van der Waals surface area contributed by atoms with Gasteiger partial charge < -0.3 is 25.1 Å². The first kappa shape index (κ1) is 29.3. The Balaban J connectivity index is 1.52. The van der Waals surface area contributed by atoms with E-state index in [2.05, 4.69) is 15.1 Å².